The van der Waals surface area contributed by atoms with E-state index in [-0.39, 0.29) is 18.4 Å². The van der Waals surface area contributed by atoms with Gasteiger partial charge in [0, 0.05) is 12.0 Å². The van der Waals surface area contributed by atoms with Crippen LogP contribution >= 0.6 is 11.3 Å². The number of rotatable bonds is 5. The summed E-state index contributed by atoms with van der Waals surface area (Å²) in [6.45, 7) is 0. The molecule has 4 rings (SSSR count). The largest absolute Gasteiger partial charge is 0.348 e. The second kappa shape index (κ2) is 8.19. The molecule has 1 amide bonds. The zero-order valence-corrected chi connectivity index (χ0v) is 16.1. The molecule has 1 atom stereocenters. The van der Waals surface area contributed by atoms with Gasteiger partial charge < -0.3 is 5.32 Å². The highest BCUT2D eigenvalue weighted by molar-refractivity contribution is 7.15. The summed E-state index contributed by atoms with van der Waals surface area (Å²) in [6, 6.07) is 13.8. The number of hydrogen-bond donors (Lipinski definition) is 1. The van der Waals surface area contributed by atoms with Crippen molar-refractivity contribution < 1.29 is 13.6 Å². The van der Waals surface area contributed by atoms with E-state index >= 15 is 0 Å². The molecule has 2 aromatic carbocycles. The van der Waals surface area contributed by atoms with Crippen molar-refractivity contribution in [3.63, 3.8) is 0 Å². The number of nitrogens with one attached hydrogen (secondary N) is 1. The second-order valence-corrected chi connectivity index (χ2v) is 7.99. The molecule has 6 heteroatoms. The number of benzene rings is 2. The number of halogens is 2. The maximum Gasteiger partial charge on any atom is 0.220 e. The van der Waals surface area contributed by atoms with E-state index in [0.29, 0.717) is 12.0 Å². The highest BCUT2D eigenvalue weighted by Gasteiger charge is 2.26. The molecule has 0 bridgehead atoms. The van der Waals surface area contributed by atoms with Crippen LogP contribution in [0.1, 0.15) is 41.4 Å². The Morgan fingerprint density at radius 2 is 1.96 bits per heavy atom. The van der Waals surface area contributed by atoms with Gasteiger partial charge in [-0.2, -0.15) is 0 Å². The van der Waals surface area contributed by atoms with E-state index in [1.165, 1.54) is 6.07 Å². The number of thiazole rings is 1. The van der Waals surface area contributed by atoms with Crippen molar-refractivity contribution in [2.45, 2.75) is 38.1 Å². The van der Waals surface area contributed by atoms with Crippen LogP contribution in [-0.2, 0) is 17.6 Å². The molecule has 1 aromatic heterocycles. The first-order valence-electron chi connectivity index (χ1n) is 9.38. The van der Waals surface area contributed by atoms with Gasteiger partial charge in [-0.1, -0.05) is 36.4 Å². The smallest absolute Gasteiger partial charge is 0.220 e. The minimum Gasteiger partial charge on any atom is -0.348 e. The summed E-state index contributed by atoms with van der Waals surface area (Å²) in [5, 5.41) is 4.08. The fourth-order valence-electron chi connectivity index (χ4n) is 3.48. The Morgan fingerprint density at radius 3 is 2.75 bits per heavy atom. The fourth-order valence-corrected chi connectivity index (χ4v) is 4.68. The molecule has 3 nitrogen and oxygen atoms in total. The van der Waals surface area contributed by atoms with Gasteiger partial charge in [0.15, 0.2) is 11.6 Å². The molecule has 0 spiro atoms. The van der Waals surface area contributed by atoms with Crippen LogP contribution in [0.2, 0.25) is 0 Å². The summed E-state index contributed by atoms with van der Waals surface area (Å²) in [7, 11) is 0. The number of amides is 1. The molecule has 1 heterocycles. The summed E-state index contributed by atoms with van der Waals surface area (Å²) in [6.07, 6.45) is 3.42. The molecule has 1 unspecified atom stereocenters. The third-order valence-electron chi connectivity index (χ3n) is 4.93. The predicted octanol–water partition coefficient (Wildman–Crippen LogP) is 5.21. The van der Waals surface area contributed by atoms with Crippen molar-refractivity contribution in [2.24, 2.45) is 0 Å². The molecule has 0 aliphatic heterocycles. The van der Waals surface area contributed by atoms with Crippen LogP contribution in [0.25, 0.3) is 10.6 Å². The normalized spacial score (nSPS) is 15.9. The van der Waals surface area contributed by atoms with Crippen LogP contribution in [0.5, 0.6) is 0 Å². The molecule has 3 aromatic rings. The van der Waals surface area contributed by atoms with Crippen molar-refractivity contribution in [3.05, 3.63) is 76.3 Å². The first-order chi connectivity index (χ1) is 13.6. The van der Waals surface area contributed by atoms with Gasteiger partial charge in [-0.15, -0.1) is 11.3 Å². The van der Waals surface area contributed by atoms with E-state index < -0.39 is 11.6 Å². The van der Waals surface area contributed by atoms with Crippen molar-refractivity contribution in [1.29, 1.82) is 0 Å². The third kappa shape index (κ3) is 4.12. The van der Waals surface area contributed by atoms with Crippen LogP contribution < -0.4 is 5.32 Å². The van der Waals surface area contributed by atoms with Crippen molar-refractivity contribution in [3.8, 4) is 10.6 Å². The molecule has 28 heavy (non-hydrogen) atoms. The standard InChI is InChI=1S/C22H20F2N2OS/c23-16-11-9-14(13-17(16)24)10-12-20(27)25-18-7-4-8-19-21(18)28-22(26-19)15-5-2-1-3-6-15/h1-3,5-6,9,11,13,18H,4,7-8,10,12H2,(H,25,27). The lowest BCUT2D eigenvalue weighted by Crippen LogP contribution is -2.30. The first-order valence-corrected chi connectivity index (χ1v) is 10.2. The average Bonchev–Trinajstić information content (AvgIpc) is 3.15. The number of hydrogen-bond acceptors (Lipinski definition) is 3. The van der Waals surface area contributed by atoms with E-state index in [2.05, 4.69) is 5.32 Å². The molecular weight excluding hydrogens is 378 g/mol. The Bertz CT molecular complexity index is 987. The summed E-state index contributed by atoms with van der Waals surface area (Å²) < 4.78 is 26.3. The number of carbonyl (C=O) groups excluding carboxylic acids is 1. The van der Waals surface area contributed by atoms with E-state index in [1.807, 2.05) is 30.3 Å². The molecule has 0 radical (unpaired) electrons. The summed E-state index contributed by atoms with van der Waals surface area (Å²) >= 11 is 1.64. The number of fused-ring (bicyclic) bond motifs is 1. The number of aromatic nitrogens is 1. The van der Waals surface area contributed by atoms with Crippen molar-refractivity contribution in [2.75, 3.05) is 0 Å². The molecule has 0 saturated carbocycles. The zero-order chi connectivity index (χ0) is 19.5. The SMILES string of the molecule is O=C(CCc1ccc(F)c(F)c1)NC1CCCc2nc(-c3ccccc3)sc21. The van der Waals surface area contributed by atoms with Gasteiger partial charge >= 0.3 is 0 Å². The van der Waals surface area contributed by atoms with E-state index in [9.17, 15) is 13.6 Å². The van der Waals surface area contributed by atoms with Gasteiger partial charge in [0.1, 0.15) is 5.01 Å². The van der Waals surface area contributed by atoms with E-state index in [1.54, 1.807) is 11.3 Å². The van der Waals surface area contributed by atoms with Crippen LogP contribution in [0, 0.1) is 11.6 Å². The predicted molar refractivity (Wildman–Crippen MR) is 106 cm³/mol. The van der Waals surface area contributed by atoms with Crippen molar-refractivity contribution in [1.82, 2.24) is 10.3 Å². The minimum absolute atomic E-state index is 0.0313. The monoisotopic (exact) mass is 398 g/mol. The molecule has 144 valence electrons. The van der Waals surface area contributed by atoms with Gasteiger partial charge in [-0.25, -0.2) is 13.8 Å². The van der Waals surface area contributed by atoms with Crippen LogP contribution in [0.4, 0.5) is 8.78 Å². The van der Waals surface area contributed by atoms with Crippen LogP contribution in [0.3, 0.4) is 0 Å². The molecule has 0 fully saturated rings. The lowest BCUT2D eigenvalue weighted by molar-refractivity contribution is -0.121. The van der Waals surface area contributed by atoms with Gasteiger partial charge in [-0.3, -0.25) is 4.79 Å². The van der Waals surface area contributed by atoms with Gasteiger partial charge in [0.2, 0.25) is 5.91 Å². The summed E-state index contributed by atoms with van der Waals surface area (Å²) in [4.78, 5) is 18.3. The highest BCUT2D eigenvalue weighted by Crippen LogP contribution is 2.37. The molecular formula is C22H20F2N2OS. The average molecular weight is 398 g/mol. The fraction of sp³-hybridized carbons (Fsp3) is 0.273. The van der Waals surface area contributed by atoms with E-state index in [4.69, 9.17) is 4.98 Å². The highest BCUT2D eigenvalue weighted by atomic mass is 32.1. The topological polar surface area (TPSA) is 42.0 Å². The Morgan fingerprint density at radius 1 is 1.14 bits per heavy atom. The molecule has 1 aliphatic rings. The maximum atomic E-state index is 13.3. The third-order valence-corrected chi connectivity index (χ3v) is 6.19. The Balaban J connectivity index is 1.42. The quantitative estimate of drug-likeness (QED) is 0.641. The van der Waals surface area contributed by atoms with Gasteiger partial charge in [-0.05, 0) is 43.4 Å². The van der Waals surface area contributed by atoms with Crippen LogP contribution in [0.15, 0.2) is 48.5 Å². The van der Waals surface area contributed by atoms with Gasteiger partial charge in [0.25, 0.3) is 0 Å². The second-order valence-electron chi connectivity index (χ2n) is 6.96. The Hall–Kier alpha value is -2.60. The Kier molecular flexibility index (Phi) is 5.48. The van der Waals surface area contributed by atoms with Gasteiger partial charge in [0.05, 0.1) is 16.6 Å². The lowest BCUT2D eigenvalue weighted by Gasteiger charge is -2.22. The minimum atomic E-state index is -0.882. The molecule has 1 aliphatic carbocycles. The van der Waals surface area contributed by atoms with E-state index in [0.717, 1.165) is 52.5 Å². The summed E-state index contributed by atoms with van der Waals surface area (Å²) in [5.74, 6) is -1.84. The lowest BCUT2D eigenvalue weighted by atomic mass is 9.97. The Labute approximate surface area is 166 Å². The number of carbonyl (C=O) groups is 1. The zero-order valence-electron chi connectivity index (χ0n) is 15.3. The van der Waals surface area contributed by atoms with Crippen LogP contribution in [-0.4, -0.2) is 10.9 Å². The molecule has 0 saturated heterocycles. The first kappa shape index (κ1) is 18.7. The number of nitrogens with zero attached hydrogens (tertiary/aromatic N) is 1. The number of aryl methyl sites for hydroxylation is 2. The maximum absolute atomic E-state index is 13.3. The molecule has 1 N–H and O–H groups in total. The van der Waals surface area contributed by atoms with Crippen molar-refractivity contribution >= 4 is 17.2 Å². The summed E-state index contributed by atoms with van der Waals surface area (Å²) in [5.41, 5.74) is 2.77.